The smallest absolute Gasteiger partial charge is 0.313 e. The van der Waals surface area contributed by atoms with E-state index in [1.807, 2.05) is 0 Å². The summed E-state index contributed by atoms with van der Waals surface area (Å²) in [5.74, 6) is 0.291. The van der Waals surface area contributed by atoms with E-state index in [2.05, 4.69) is 21.7 Å². The highest BCUT2D eigenvalue weighted by Crippen LogP contribution is 2.39. The van der Waals surface area contributed by atoms with Crippen LogP contribution < -0.4 is 0 Å². The number of aryl methyl sites for hydroxylation is 1. The number of hydrogen-bond donors (Lipinski definition) is 1. The van der Waals surface area contributed by atoms with Gasteiger partial charge < -0.3 is 9.67 Å². The summed E-state index contributed by atoms with van der Waals surface area (Å²) in [4.78, 5) is 10.7. The third-order valence-corrected chi connectivity index (χ3v) is 4.40. The van der Waals surface area contributed by atoms with Crippen LogP contribution in [0.15, 0.2) is 5.16 Å². The molecule has 1 heterocycles. The van der Waals surface area contributed by atoms with Gasteiger partial charge in [0.05, 0.1) is 5.75 Å². The van der Waals surface area contributed by atoms with Gasteiger partial charge >= 0.3 is 5.97 Å². The van der Waals surface area contributed by atoms with Crippen LogP contribution in [0.5, 0.6) is 0 Å². The average Bonchev–Trinajstić information content (AvgIpc) is 3.18. The maximum atomic E-state index is 10.7. The Bertz CT molecular complexity index is 444. The van der Waals surface area contributed by atoms with Gasteiger partial charge in [0, 0.05) is 12.5 Å². The average molecular weight is 297 g/mol. The van der Waals surface area contributed by atoms with Gasteiger partial charge in [0.15, 0.2) is 5.16 Å². The Morgan fingerprint density at radius 1 is 1.30 bits per heavy atom. The van der Waals surface area contributed by atoms with E-state index in [1.165, 1.54) is 50.3 Å². The summed E-state index contributed by atoms with van der Waals surface area (Å²) >= 11 is 1.28. The van der Waals surface area contributed by atoms with Crippen LogP contribution in [0.1, 0.15) is 63.7 Å². The first-order chi connectivity index (χ1) is 9.72. The van der Waals surface area contributed by atoms with E-state index in [4.69, 9.17) is 5.11 Å². The van der Waals surface area contributed by atoms with Gasteiger partial charge in [-0.1, -0.05) is 44.4 Å². The highest BCUT2D eigenvalue weighted by atomic mass is 32.2. The van der Waals surface area contributed by atoms with Gasteiger partial charge in [0.25, 0.3) is 0 Å². The number of carboxylic acid groups (broad SMARTS) is 1. The van der Waals surface area contributed by atoms with Gasteiger partial charge in [0.2, 0.25) is 0 Å². The van der Waals surface area contributed by atoms with Crippen molar-refractivity contribution in [3.8, 4) is 0 Å². The maximum Gasteiger partial charge on any atom is 0.313 e. The predicted octanol–water partition coefficient (Wildman–Crippen LogP) is 3.30. The molecule has 1 aromatic rings. The molecule has 1 aliphatic rings. The number of carboxylic acids is 1. The second-order valence-corrected chi connectivity index (χ2v) is 6.29. The van der Waals surface area contributed by atoms with Crippen LogP contribution >= 0.6 is 11.8 Å². The Kier molecular flexibility index (Phi) is 5.88. The summed E-state index contributed by atoms with van der Waals surface area (Å²) in [6.07, 6.45) is 9.53. The first-order valence-electron chi connectivity index (χ1n) is 7.50. The van der Waals surface area contributed by atoms with E-state index in [1.54, 1.807) is 0 Å². The Balaban J connectivity index is 1.89. The van der Waals surface area contributed by atoms with Crippen molar-refractivity contribution in [2.75, 3.05) is 5.75 Å². The van der Waals surface area contributed by atoms with Crippen molar-refractivity contribution in [3.63, 3.8) is 0 Å². The number of hydrogen-bond acceptors (Lipinski definition) is 4. The van der Waals surface area contributed by atoms with Crippen molar-refractivity contribution in [1.29, 1.82) is 0 Å². The van der Waals surface area contributed by atoms with Crippen LogP contribution in [0.4, 0.5) is 0 Å². The van der Waals surface area contributed by atoms with Crippen molar-refractivity contribution in [2.45, 2.75) is 69.5 Å². The molecule has 0 aliphatic heterocycles. The van der Waals surface area contributed by atoms with Crippen LogP contribution in [0, 0.1) is 0 Å². The highest BCUT2D eigenvalue weighted by Gasteiger charge is 2.29. The molecule has 0 atom stereocenters. The molecule has 0 saturated heterocycles. The Morgan fingerprint density at radius 2 is 2.05 bits per heavy atom. The molecule has 5 nitrogen and oxygen atoms in total. The molecule has 20 heavy (non-hydrogen) atoms. The molecule has 1 aromatic heterocycles. The molecule has 0 aromatic carbocycles. The first kappa shape index (κ1) is 15.4. The van der Waals surface area contributed by atoms with Gasteiger partial charge in [-0.25, -0.2) is 0 Å². The zero-order valence-electron chi connectivity index (χ0n) is 12.0. The van der Waals surface area contributed by atoms with E-state index in [0.717, 1.165) is 23.8 Å². The van der Waals surface area contributed by atoms with Gasteiger partial charge in [0.1, 0.15) is 5.82 Å². The maximum absolute atomic E-state index is 10.7. The van der Waals surface area contributed by atoms with Crippen molar-refractivity contribution < 1.29 is 9.90 Å². The minimum Gasteiger partial charge on any atom is -0.481 e. The third kappa shape index (κ3) is 4.51. The summed E-state index contributed by atoms with van der Waals surface area (Å²) in [5, 5.41) is 18.0. The zero-order chi connectivity index (χ0) is 14.4. The summed E-state index contributed by atoms with van der Waals surface area (Å²) < 4.78 is 2.17. The molecular formula is C14H23N3O2S. The molecule has 112 valence electrons. The molecule has 6 heteroatoms. The van der Waals surface area contributed by atoms with E-state index in [-0.39, 0.29) is 5.75 Å². The molecule has 0 bridgehead atoms. The Labute approximate surface area is 124 Å². The second-order valence-electron chi connectivity index (χ2n) is 5.35. The Hall–Kier alpha value is -1.04. The molecule has 1 aliphatic carbocycles. The quantitative estimate of drug-likeness (QED) is 0.530. The molecule has 0 unspecified atom stereocenters. The molecule has 0 amide bonds. The number of aliphatic carboxylic acids is 1. The normalized spacial score (nSPS) is 14.7. The highest BCUT2D eigenvalue weighted by molar-refractivity contribution is 7.99. The van der Waals surface area contributed by atoms with Crippen LogP contribution in [-0.4, -0.2) is 31.6 Å². The largest absolute Gasteiger partial charge is 0.481 e. The van der Waals surface area contributed by atoms with Crippen molar-refractivity contribution in [2.24, 2.45) is 0 Å². The summed E-state index contributed by atoms with van der Waals surface area (Å²) in [5.41, 5.74) is 0. The van der Waals surface area contributed by atoms with E-state index >= 15 is 0 Å². The number of nitrogens with zero attached hydrogens (tertiary/aromatic N) is 3. The number of carbonyl (C=O) groups is 1. The third-order valence-electron chi connectivity index (χ3n) is 3.48. The van der Waals surface area contributed by atoms with Crippen molar-refractivity contribution in [3.05, 3.63) is 5.82 Å². The van der Waals surface area contributed by atoms with Crippen LogP contribution in [0.25, 0.3) is 0 Å². The second kappa shape index (κ2) is 7.67. The summed E-state index contributed by atoms with van der Waals surface area (Å²) in [6.45, 7) is 2.22. The SMILES string of the molecule is CCCCCCCc1nnc(SCC(=O)O)n1C1CC1. The van der Waals surface area contributed by atoms with Crippen LogP contribution in [-0.2, 0) is 11.2 Å². The van der Waals surface area contributed by atoms with Gasteiger partial charge in [-0.15, -0.1) is 10.2 Å². The van der Waals surface area contributed by atoms with E-state index in [0.29, 0.717) is 6.04 Å². The standard InChI is InChI=1S/C14H23N3O2S/c1-2-3-4-5-6-7-12-15-16-14(20-10-13(18)19)17(12)11-8-9-11/h11H,2-10H2,1H3,(H,18,19). The van der Waals surface area contributed by atoms with Crippen molar-refractivity contribution >= 4 is 17.7 Å². The number of rotatable bonds is 10. The lowest BCUT2D eigenvalue weighted by atomic mass is 10.1. The molecule has 0 spiro atoms. The number of thioether (sulfide) groups is 1. The number of aromatic nitrogens is 3. The predicted molar refractivity (Wildman–Crippen MR) is 79.1 cm³/mol. The minimum atomic E-state index is -0.804. The fourth-order valence-electron chi connectivity index (χ4n) is 2.29. The molecule has 1 N–H and O–H groups in total. The topological polar surface area (TPSA) is 68.0 Å². The van der Waals surface area contributed by atoms with Gasteiger partial charge in [-0.05, 0) is 19.3 Å². The lowest BCUT2D eigenvalue weighted by Gasteiger charge is -2.07. The zero-order valence-corrected chi connectivity index (χ0v) is 12.9. The Morgan fingerprint density at radius 3 is 2.70 bits per heavy atom. The van der Waals surface area contributed by atoms with Crippen LogP contribution in [0.3, 0.4) is 0 Å². The first-order valence-corrected chi connectivity index (χ1v) is 8.49. The molecule has 0 radical (unpaired) electrons. The molecule has 2 rings (SSSR count). The van der Waals surface area contributed by atoms with E-state index < -0.39 is 5.97 Å². The molecular weight excluding hydrogens is 274 g/mol. The fraction of sp³-hybridized carbons (Fsp3) is 0.786. The number of unbranched alkanes of at least 4 members (excludes halogenated alkanes) is 4. The summed E-state index contributed by atoms with van der Waals surface area (Å²) in [6, 6.07) is 0.506. The lowest BCUT2D eigenvalue weighted by molar-refractivity contribution is -0.133. The van der Waals surface area contributed by atoms with Crippen LogP contribution in [0.2, 0.25) is 0 Å². The fourth-order valence-corrected chi connectivity index (χ4v) is 3.03. The molecule has 1 fully saturated rings. The summed E-state index contributed by atoms with van der Waals surface area (Å²) in [7, 11) is 0. The van der Waals surface area contributed by atoms with Gasteiger partial charge in [-0.3, -0.25) is 4.79 Å². The van der Waals surface area contributed by atoms with Crippen molar-refractivity contribution in [1.82, 2.24) is 14.8 Å². The van der Waals surface area contributed by atoms with Gasteiger partial charge in [-0.2, -0.15) is 0 Å². The minimum absolute atomic E-state index is 0.0569. The monoisotopic (exact) mass is 297 g/mol. The van der Waals surface area contributed by atoms with E-state index in [9.17, 15) is 4.79 Å². The molecule has 1 saturated carbocycles. The lowest BCUT2D eigenvalue weighted by Crippen LogP contribution is -2.05.